The SMILES string of the molecule is c1ccc(-c2nccnc2-c2ccc(N(c3ccccc3)c3ccccc3-n3c4ccccc4c4ccccc43)cc2)cc1. The fourth-order valence-corrected chi connectivity index (χ4v) is 6.15. The third kappa shape index (κ3) is 4.41. The molecule has 2 aromatic heterocycles. The van der Waals surface area contributed by atoms with Crippen molar-refractivity contribution in [3.05, 3.63) is 170 Å². The Hall–Kier alpha value is -6.00. The lowest BCUT2D eigenvalue weighted by Crippen LogP contribution is -2.13. The fraction of sp³-hybridized carbons (Fsp3) is 0. The van der Waals surface area contributed by atoms with E-state index in [1.54, 1.807) is 12.4 Å². The van der Waals surface area contributed by atoms with E-state index in [1.807, 2.05) is 18.2 Å². The van der Waals surface area contributed by atoms with Crippen LogP contribution in [0.1, 0.15) is 0 Å². The highest BCUT2D eigenvalue weighted by Crippen LogP contribution is 2.42. The summed E-state index contributed by atoms with van der Waals surface area (Å²) >= 11 is 0. The average Bonchev–Trinajstić information content (AvgIpc) is 3.44. The molecule has 0 unspecified atom stereocenters. The van der Waals surface area contributed by atoms with Crippen molar-refractivity contribution in [2.75, 3.05) is 4.90 Å². The maximum Gasteiger partial charge on any atom is 0.0965 e. The molecule has 0 aliphatic rings. The minimum Gasteiger partial charge on any atom is -0.308 e. The van der Waals surface area contributed by atoms with Gasteiger partial charge in [-0.15, -0.1) is 0 Å². The molecule has 208 valence electrons. The highest BCUT2D eigenvalue weighted by molar-refractivity contribution is 6.09. The number of hydrogen-bond acceptors (Lipinski definition) is 3. The summed E-state index contributed by atoms with van der Waals surface area (Å²) in [6.07, 6.45) is 3.51. The van der Waals surface area contributed by atoms with Gasteiger partial charge in [0.2, 0.25) is 0 Å². The summed E-state index contributed by atoms with van der Waals surface area (Å²) in [6, 6.07) is 55.4. The van der Waals surface area contributed by atoms with E-state index >= 15 is 0 Å². The van der Waals surface area contributed by atoms with Gasteiger partial charge in [0.05, 0.1) is 33.8 Å². The Morgan fingerprint density at radius 1 is 0.409 bits per heavy atom. The summed E-state index contributed by atoms with van der Waals surface area (Å²) in [4.78, 5) is 11.8. The number of fused-ring (bicyclic) bond motifs is 3. The monoisotopic (exact) mass is 564 g/mol. The molecule has 0 aliphatic heterocycles. The van der Waals surface area contributed by atoms with Crippen LogP contribution in [0.2, 0.25) is 0 Å². The second-order valence-electron chi connectivity index (χ2n) is 10.7. The largest absolute Gasteiger partial charge is 0.308 e. The van der Waals surface area contributed by atoms with Gasteiger partial charge < -0.3 is 9.47 Å². The summed E-state index contributed by atoms with van der Waals surface area (Å²) in [6.45, 7) is 0. The zero-order valence-electron chi connectivity index (χ0n) is 24.0. The van der Waals surface area contributed by atoms with Crippen molar-refractivity contribution in [1.82, 2.24) is 14.5 Å². The lowest BCUT2D eigenvalue weighted by Gasteiger charge is -2.28. The molecule has 0 spiro atoms. The first-order valence-corrected chi connectivity index (χ1v) is 14.8. The molecule has 0 atom stereocenters. The number of rotatable bonds is 6. The maximum atomic E-state index is 4.74. The molecule has 0 fully saturated rings. The lowest BCUT2D eigenvalue weighted by atomic mass is 10.0. The van der Waals surface area contributed by atoms with Crippen molar-refractivity contribution in [2.24, 2.45) is 0 Å². The van der Waals surface area contributed by atoms with Crippen molar-refractivity contribution in [3.63, 3.8) is 0 Å². The first-order chi connectivity index (χ1) is 21.9. The summed E-state index contributed by atoms with van der Waals surface area (Å²) < 4.78 is 2.38. The molecule has 0 saturated carbocycles. The fourth-order valence-electron chi connectivity index (χ4n) is 6.15. The van der Waals surface area contributed by atoms with E-state index in [2.05, 4.69) is 149 Å². The smallest absolute Gasteiger partial charge is 0.0965 e. The number of benzene rings is 6. The van der Waals surface area contributed by atoms with E-state index in [-0.39, 0.29) is 0 Å². The molecule has 0 bridgehead atoms. The van der Waals surface area contributed by atoms with Crippen LogP contribution in [0, 0.1) is 0 Å². The van der Waals surface area contributed by atoms with Crippen molar-refractivity contribution in [1.29, 1.82) is 0 Å². The standard InChI is InChI=1S/C40H28N4/c1-3-13-29(14-4-1)39-40(42-28-27-41-39)30-23-25-32(26-24-30)43(31-15-5-2-6-16-31)37-21-11-12-22-38(37)44-35-19-9-7-17-33(35)34-18-8-10-20-36(34)44/h1-28H. The molecule has 0 aliphatic carbocycles. The highest BCUT2D eigenvalue weighted by atomic mass is 15.2. The predicted molar refractivity (Wildman–Crippen MR) is 182 cm³/mol. The Labute approximate surface area is 256 Å². The number of hydrogen-bond donors (Lipinski definition) is 0. The van der Waals surface area contributed by atoms with Crippen LogP contribution in [-0.4, -0.2) is 14.5 Å². The minimum absolute atomic E-state index is 0.863. The minimum atomic E-state index is 0.863. The molecule has 4 nitrogen and oxygen atoms in total. The van der Waals surface area contributed by atoms with Gasteiger partial charge in [0.1, 0.15) is 0 Å². The third-order valence-electron chi connectivity index (χ3n) is 8.10. The van der Waals surface area contributed by atoms with E-state index in [4.69, 9.17) is 9.97 Å². The van der Waals surface area contributed by atoms with Crippen LogP contribution < -0.4 is 4.90 Å². The van der Waals surface area contributed by atoms with Crippen molar-refractivity contribution in [3.8, 4) is 28.2 Å². The molecular formula is C40H28N4. The number of anilines is 3. The molecule has 0 N–H and O–H groups in total. The van der Waals surface area contributed by atoms with Crippen molar-refractivity contribution >= 4 is 38.9 Å². The van der Waals surface area contributed by atoms with E-state index in [0.717, 1.165) is 45.3 Å². The molecule has 2 heterocycles. The van der Waals surface area contributed by atoms with Gasteiger partial charge in [-0.1, -0.05) is 109 Å². The predicted octanol–water partition coefficient (Wildman–Crippen LogP) is 10.4. The highest BCUT2D eigenvalue weighted by Gasteiger charge is 2.20. The van der Waals surface area contributed by atoms with Crippen LogP contribution in [0.25, 0.3) is 50.0 Å². The second kappa shape index (κ2) is 11.0. The summed E-state index contributed by atoms with van der Waals surface area (Å²) in [7, 11) is 0. The molecule has 8 rings (SSSR count). The van der Waals surface area contributed by atoms with Gasteiger partial charge in [0.25, 0.3) is 0 Å². The molecule has 6 aromatic carbocycles. The van der Waals surface area contributed by atoms with Crippen molar-refractivity contribution in [2.45, 2.75) is 0 Å². The van der Waals surface area contributed by atoms with Gasteiger partial charge in [0, 0.05) is 45.7 Å². The van der Waals surface area contributed by atoms with Crippen LogP contribution in [-0.2, 0) is 0 Å². The van der Waals surface area contributed by atoms with Gasteiger partial charge >= 0.3 is 0 Å². The third-order valence-corrected chi connectivity index (χ3v) is 8.10. The van der Waals surface area contributed by atoms with Crippen LogP contribution in [0.15, 0.2) is 170 Å². The molecule has 44 heavy (non-hydrogen) atoms. The van der Waals surface area contributed by atoms with Crippen LogP contribution in [0.3, 0.4) is 0 Å². The quantitative estimate of drug-likeness (QED) is 0.201. The lowest BCUT2D eigenvalue weighted by molar-refractivity contribution is 1.15. The van der Waals surface area contributed by atoms with Gasteiger partial charge in [-0.3, -0.25) is 9.97 Å². The zero-order valence-corrected chi connectivity index (χ0v) is 24.0. The second-order valence-corrected chi connectivity index (χ2v) is 10.7. The first kappa shape index (κ1) is 25.7. The van der Waals surface area contributed by atoms with Gasteiger partial charge in [-0.05, 0) is 48.5 Å². The summed E-state index contributed by atoms with van der Waals surface area (Å²) in [5.74, 6) is 0. The molecule has 0 amide bonds. The number of para-hydroxylation sites is 5. The van der Waals surface area contributed by atoms with Crippen LogP contribution in [0.5, 0.6) is 0 Å². The van der Waals surface area contributed by atoms with Crippen LogP contribution >= 0.6 is 0 Å². The maximum absolute atomic E-state index is 4.74. The Balaban J connectivity index is 1.30. The van der Waals surface area contributed by atoms with E-state index < -0.39 is 0 Å². The topological polar surface area (TPSA) is 34.0 Å². The Morgan fingerprint density at radius 2 is 0.886 bits per heavy atom. The normalized spacial score (nSPS) is 11.2. The summed E-state index contributed by atoms with van der Waals surface area (Å²) in [5.41, 5.74) is 10.5. The van der Waals surface area contributed by atoms with E-state index in [0.29, 0.717) is 0 Å². The van der Waals surface area contributed by atoms with Gasteiger partial charge in [-0.2, -0.15) is 0 Å². The van der Waals surface area contributed by atoms with Crippen LogP contribution in [0.4, 0.5) is 17.1 Å². The molecule has 0 saturated heterocycles. The first-order valence-electron chi connectivity index (χ1n) is 14.8. The molecular weight excluding hydrogens is 536 g/mol. The average molecular weight is 565 g/mol. The Bertz CT molecular complexity index is 2170. The Morgan fingerprint density at radius 3 is 1.52 bits per heavy atom. The zero-order chi connectivity index (χ0) is 29.3. The number of nitrogens with zero attached hydrogens (tertiary/aromatic N) is 4. The summed E-state index contributed by atoms with van der Waals surface area (Å²) in [5, 5.41) is 2.48. The van der Waals surface area contributed by atoms with E-state index in [9.17, 15) is 0 Å². The Kier molecular flexibility index (Phi) is 6.43. The van der Waals surface area contributed by atoms with Gasteiger partial charge in [-0.25, -0.2) is 0 Å². The molecule has 0 radical (unpaired) electrons. The molecule has 4 heteroatoms. The molecule has 8 aromatic rings. The number of aromatic nitrogens is 3. The van der Waals surface area contributed by atoms with E-state index in [1.165, 1.54) is 21.8 Å². The van der Waals surface area contributed by atoms with Gasteiger partial charge in [0.15, 0.2) is 0 Å². The van der Waals surface area contributed by atoms with Crippen molar-refractivity contribution < 1.29 is 0 Å².